The highest BCUT2D eigenvalue weighted by molar-refractivity contribution is 5.96. The lowest BCUT2D eigenvalue weighted by molar-refractivity contribution is -0.119. The van der Waals surface area contributed by atoms with Gasteiger partial charge in [0.05, 0.1) is 6.54 Å². The van der Waals surface area contributed by atoms with Gasteiger partial charge in [0.2, 0.25) is 5.91 Å². The molecule has 1 aliphatic heterocycles. The number of likely N-dealkylation sites (N-methyl/N-ethyl adjacent to an activating group) is 1. The number of fused-ring (bicyclic) bond motifs is 1. The third kappa shape index (κ3) is 2.58. The van der Waals surface area contributed by atoms with E-state index in [0.717, 1.165) is 25.1 Å². The van der Waals surface area contributed by atoms with Gasteiger partial charge in [0.1, 0.15) is 0 Å². The number of aryl methyl sites for hydroxylation is 1. The Bertz CT molecular complexity index is 429. The fourth-order valence-corrected chi connectivity index (χ4v) is 2.21. The van der Waals surface area contributed by atoms with Crippen molar-refractivity contribution in [3.8, 4) is 0 Å². The Morgan fingerprint density at radius 1 is 1.47 bits per heavy atom. The molecule has 1 aromatic carbocycles. The molecular weight excluding hydrogens is 214 g/mol. The van der Waals surface area contributed by atoms with Gasteiger partial charge in [0, 0.05) is 17.9 Å². The van der Waals surface area contributed by atoms with E-state index in [1.54, 1.807) is 0 Å². The standard InChI is InChI=1S/C13H19N3O/c1-15(2)9-13(17)16-7-3-4-10-5-6-11(14)8-12(10)16/h5-6,8H,3-4,7,9,14H2,1-2H3. The van der Waals surface area contributed by atoms with Gasteiger partial charge in [0.25, 0.3) is 0 Å². The summed E-state index contributed by atoms with van der Waals surface area (Å²) < 4.78 is 0. The number of hydrogen-bond acceptors (Lipinski definition) is 3. The molecular formula is C13H19N3O. The molecule has 0 bridgehead atoms. The van der Waals surface area contributed by atoms with Gasteiger partial charge in [0.15, 0.2) is 0 Å². The van der Waals surface area contributed by atoms with Crippen molar-refractivity contribution in [3.05, 3.63) is 23.8 Å². The van der Waals surface area contributed by atoms with Crippen molar-refractivity contribution in [3.63, 3.8) is 0 Å². The lowest BCUT2D eigenvalue weighted by Gasteiger charge is -2.30. The number of nitrogen functional groups attached to an aromatic ring is 1. The minimum absolute atomic E-state index is 0.140. The van der Waals surface area contributed by atoms with E-state index in [0.29, 0.717) is 12.2 Å². The normalized spacial score (nSPS) is 14.9. The highest BCUT2D eigenvalue weighted by atomic mass is 16.2. The van der Waals surface area contributed by atoms with Gasteiger partial charge in [-0.05, 0) is 44.6 Å². The van der Waals surface area contributed by atoms with Crippen molar-refractivity contribution >= 4 is 17.3 Å². The fourth-order valence-electron chi connectivity index (χ4n) is 2.21. The van der Waals surface area contributed by atoms with E-state index in [1.165, 1.54) is 5.56 Å². The van der Waals surface area contributed by atoms with Crippen molar-refractivity contribution in [2.75, 3.05) is 37.8 Å². The van der Waals surface area contributed by atoms with Crippen LogP contribution in [-0.2, 0) is 11.2 Å². The molecule has 4 nitrogen and oxygen atoms in total. The van der Waals surface area contributed by atoms with Gasteiger partial charge in [-0.2, -0.15) is 0 Å². The van der Waals surface area contributed by atoms with Crippen molar-refractivity contribution in [2.24, 2.45) is 0 Å². The highest BCUT2D eigenvalue weighted by Gasteiger charge is 2.22. The summed E-state index contributed by atoms with van der Waals surface area (Å²) >= 11 is 0. The van der Waals surface area contributed by atoms with E-state index >= 15 is 0 Å². The second-order valence-electron chi connectivity index (χ2n) is 4.77. The van der Waals surface area contributed by atoms with Gasteiger partial charge in [-0.15, -0.1) is 0 Å². The van der Waals surface area contributed by atoms with E-state index in [2.05, 4.69) is 0 Å². The summed E-state index contributed by atoms with van der Waals surface area (Å²) in [7, 11) is 3.81. The number of nitrogens with zero attached hydrogens (tertiary/aromatic N) is 2. The molecule has 0 spiro atoms. The molecule has 92 valence electrons. The predicted octanol–water partition coefficient (Wildman–Crippen LogP) is 1.11. The summed E-state index contributed by atoms with van der Waals surface area (Å²) in [5.41, 5.74) is 8.72. The first-order valence-corrected chi connectivity index (χ1v) is 5.91. The Morgan fingerprint density at radius 3 is 2.94 bits per heavy atom. The fraction of sp³-hybridized carbons (Fsp3) is 0.462. The minimum atomic E-state index is 0.140. The molecule has 0 fully saturated rings. The number of carbonyl (C=O) groups excluding carboxylic acids is 1. The van der Waals surface area contributed by atoms with Crippen LogP contribution in [0.15, 0.2) is 18.2 Å². The maximum Gasteiger partial charge on any atom is 0.241 e. The third-order valence-corrected chi connectivity index (χ3v) is 2.98. The average Bonchev–Trinajstić information content (AvgIpc) is 2.27. The molecule has 0 radical (unpaired) electrons. The second-order valence-corrected chi connectivity index (χ2v) is 4.77. The summed E-state index contributed by atoms with van der Waals surface area (Å²) in [4.78, 5) is 15.9. The molecule has 4 heteroatoms. The summed E-state index contributed by atoms with van der Waals surface area (Å²) in [6, 6.07) is 5.83. The predicted molar refractivity (Wildman–Crippen MR) is 70.1 cm³/mol. The molecule has 0 aliphatic carbocycles. The molecule has 0 unspecified atom stereocenters. The zero-order valence-corrected chi connectivity index (χ0v) is 10.4. The van der Waals surface area contributed by atoms with Crippen molar-refractivity contribution < 1.29 is 4.79 Å². The average molecular weight is 233 g/mol. The number of hydrogen-bond donors (Lipinski definition) is 1. The first-order valence-electron chi connectivity index (χ1n) is 5.91. The van der Waals surface area contributed by atoms with E-state index in [1.807, 2.05) is 42.1 Å². The summed E-state index contributed by atoms with van der Waals surface area (Å²) in [6.07, 6.45) is 2.05. The van der Waals surface area contributed by atoms with Gasteiger partial charge in [-0.25, -0.2) is 0 Å². The Kier molecular flexibility index (Phi) is 3.33. The Morgan fingerprint density at radius 2 is 2.24 bits per heavy atom. The summed E-state index contributed by atoms with van der Waals surface area (Å²) in [5, 5.41) is 0. The number of rotatable bonds is 2. The molecule has 1 aromatic rings. The SMILES string of the molecule is CN(C)CC(=O)N1CCCc2ccc(N)cc21. The second kappa shape index (κ2) is 4.75. The van der Waals surface area contributed by atoms with Crippen molar-refractivity contribution in [1.29, 1.82) is 0 Å². The maximum absolute atomic E-state index is 12.1. The van der Waals surface area contributed by atoms with Crippen LogP contribution >= 0.6 is 0 Å². The molecule has 0 saturated carbocycles. The number of anilines is 2. The Labute approximate surface area is 102 Å². The van der Waals surface area contributed by atoms with Crippen LogP contribution in [-0.4, -0.2) is 38.0 Å². The Balaban J connectivity index is 2.27. The molecule has 1 heterocycles. The zero-order chi connectivity index (χ0) is 12.4. The van der Waals surface area contributed by atoms with Crippen LogP contribution in [0.3, 0.4) is 0 Å². The third-order valence-electron chi connectivity index (χ3n) is 2.98. The van der Waals surface area contributed by atoms with Gasteiger partial charge >= 0.3 is 0 Å². The smallest absolute Gasteiger partial charge is 0.241 e. The van der Waals surface area contributed by atoms with Crippen LogP contribution in [0.5, 0.6) is 0 Å². The van der Waals surface area contributed by atoms with Crippen LogP contribution in [0.4, 0.5) is 11.4 Å². The lowest BCUT2D eigenvalue weighted by atomic mass is 10.0. The van der Waals surface area contributed by atoms with E-state index < -0.39 is 0 Å². The van der Waals surface area contributed by atoms with E-state index in [-0.39, 0.29) is 5.91 Å². The molecule has 0 aromatic heterocycles. The molecule has 2 N–H and O–H groups in total. The minimum Gasteiger partial charge on any atom is -0.399 e. The summed E-state index contributed by atoms with van der Waals surface area (Å²) in [6.45, 7) is 1.23. The van der Waals surface area contributed by atoms with Crippen LogP contribution in [0.2, 0.25) is 0 Å². The molecule has 1 aliphatic rings. The molecule has 17 heavy (non-hydrogen) atoms. The van der Waals surface area contributed by atoms with Gasteiger partial charge < -0.3 is 15.5 Å². The topological polar surface area (TPSA) is 49.6 Å². The maximum atomic E-state index is 12.1. The van der Waals surface area contributed by atoms with Crippen molar-refractivity contribution in [1.82, 2.24) is 4.90 Å². The van der Waals surface area contributed by atoms with Crippen LogP contribution in [0.25, 0.3) is 0 Å². The molecule has 0 saturated heterocycles. The zero-order valence-electron chi connectivity index (χ0n) is 10.4. The van der Waals surface area contributed by atoms with Gasteiger partial charge in [-0.1, -0.05) is 6.07 Å². The van der Waals surface area contributed by atoms with Crippen molar-refractivity contribution in [2.45, 2.75) is 12.8 Å². The first kappa shape index (κ1) is 11.9. The molecule has 1 amide bonds. The monoisotopic (exact) mass is 233 g/mol. The highest BCUT2D eigenvalue weighted by Crippen LogP contribution is 2.29. The number of benzene rings is 1. The Hall–Kier alpha value is -1.55. The van der Waals surface area contributed by atoms with Crippen LogP contribution in [0, 0.1) is 0 Å². The quantitative estimate of drug-likeness (QED) is 0.778. The van der Waals surface area contributed by atoms with Crippen LogP contribution < -0.4 is 10.6 Å². The van der Waals surface area contributed by atoms with E-state index in [9.17, 15) is 4.79 Å². The molecule has 2 rings (SSSR count). The lowest BCUT2D eigenvalue weighted by Crippen LogP contribution is -2.40. The largest absolute Gasteiger partial charge is 0.399 e. The van der Waals surface area contributed by atoms with Crippen LogP contribution in [0.1, 0.15) is 12.0 Å². The molecule has 0 atom stereocenters. The number of nitrogens with two attached hydrogens (primary N) is 1. The summed E-state index contributed by atoms with van der Waals surface area (Å²) in [5.74, 6) is 0.140. The van der Waals surface area contributed by atoms with E-state index in [4.69, 9.17) is 5.73 Å². The van der Waals surface area contributed by atoms with Gasteiger partial charge in [-0.3, -0.25) is 4.79 Å². The number of amides is 1. The number of carbonyl (C=O) groups is 1. The first-order chi connectivity index (χ1) is 8.08.